The number of halogens is 1. The van der Waals surface area contributed by atoms with E-state index in [0.29, 0.717) is 50.0 Å². The SMILES string of the molecule is COc1cccc(-c2noc(CN3CCN(C(=O)c4ccc(F)cc4)CC3)n2)c1. The molecule has 1 aliphatic heterocycles. The lowest BCUT2D eigenvalue weighted by Crippen LogP contribution is -2.48. The van der Waals surface area contributed by atoms with Gasteiger partial charge in [0.1, 0.15) is 11.6 Å². The van der Waals surface area contributed by atoms with Gasteiger partial charge >= 0.3 is 0 Å². The van der Waals surface area contributed by atoms with Crippen LogP contribution in [0.4, 0.5) is 4.39 Å². The van der Waals surface area contributed by atoms with Crippen LogP contribution in [0.3, 0.4) is 0 Å². The van der Waals surface area contributed by atoms with Crippen molar-refractivity contribution in [3.05, 3.63) is 65.8 Å². The Balaban J connectivity index is 1.33. The Morgan fingerprint density at radius 3 is 2.62 bits per heavy atom. The standard InChI is InChI=1S/C21H21FN4O3/c1-28-18-4-2-3-16(13-18)20-23-19(29-24-20)14-25-9-11-26(12-10-25)21(27)15-5-7-17(22)8-6-15/h2-8,13H,9-12,14H2,1H3. The third kappa shape index (κ3) is 4.43. The summed E-state index contributed by atoms with van der Waals surface area (Å²) in [5.41, 5.74) is 1.33. The van der Waals surface area contributed by atoms with Crippen LogP contribution in [0.15, 0.2) is 53.1 Å². The summed E-state index contributed by atoms with van der Waals surface area (Å²) >= 11 is 0. The van der Waals surface area contributed by atoms with Crippen LogP contribution >= 0.6 is 0 Å². The Labute approximate surface area is 167 Å². The van der Waals surface area contributed by atoms with Crippen LogP contribution in [0.25, 0.3) is 11.4 Å². The summed E-state index contributed by atoms with van der Waals surface area (Å²) < 4.78 is 23.7. The Bertz CT molecular complexity index is 982. The van der Waals surface area contributed by atoms with Crippen LogP contribution in [0.5, 0.6) is 5.75 Å². The lowest BCUT2D eigenvalue weighted by atomic mass is 10.2. The van der Waals surface area contributed by atoms with E-state index in [2.05, 4.69) is 15.0 Å². The van der Waals surface area contributed by atoms with E-state index in [1.54, 1.807) is 12.0 Å². The summed E-state index contributed by atoms with van der Waals surface area (Å²) in [5.74, 6) is 1.35. The molecule has 29 heavy (non-hydrogen) atoms. The second kappa shape index (κ2) is 8.40. The first-order chi connectivity index (χ1) is 14.1. The molecule has 0 saturated carbocycles. The predicted octanol–water partition coefficient (Wildman–Crippen LogP) is 2.84. The van der Waals surface area contributed by atoms with Gasteiger partial charge in [0, 0.05) is 37.3 Å². The van der Waals surface area contributed by atoms with Gasteiger partial charge in [-0.15, -0.1) is 0 Å². The lowest BCUT2D eigenvalue weighted by molar-refractivity contribution is 0.0615. The Hall–Kier alpha value is -3.26. The number of benzene rings is 2. The van der Waals surface area contributed by atoms with E-state index in [1.807, 2.05) is 24.3 Å². The normalized spacial score (nSPS) is 14.8. The van der Waals surface area contributed by atoms with Crippen molar-refractivity contribution >= 4 is 5.91 Å². The molecule has 7 nitrogen and oxygen atoms in total. The third-order valence-electron chi connectivity index (χ3n) is 4.91. The van der Waals surface area contributed by atoms with E-state index >= 15 is 0 Å². The molecule has 0 N–H and O–H groups in total. The van der Waals surface area contributed by atoms with Crippen LogP contribution in [0, 0.1) is 5.82 Å². The first kappa shape index (κ1) is 19.1. The van der Waals surface area contributed by atoms with Gasteiger partial charge in [0.05, 0.1) is 13.7 Å². The summed E-state index contributed by atoms with van der Waals surface area (Å²) in [6.45, 7) is 3.10. The molecule has 0 atom stereocenters. The maximum Gasteiger partial charge on any atom is 0.253 e. The van der Waals surface area contributed by atoms with Gasteiger partial charge in [-0.1, -0.05) is 17.3 Å². The quantitative estimate of drug-likeness (QED) is 0.660. The minimum absolute atomic E-state index is 0.0808. The summed E-state index contributed by atoms with van der Waals surface area (Å²) in [5, 5.41) is 4.05. The molecule has 1 aromatic heterocycles. The van der Waals surface area contributed by atoms with Gasteiger partial charge in [-0.25, -0.2) is 4.39 Å². The highest BCUT2D eigenvalue weighted by Gasteiger charge is 2.23. The largest absolute Gasteiger partial charge is 0.497 e. The fourth-order valence-electron chi connectivity index (χ4n) is 3.27. The minimum atomic E-state index is -0.348. The maximum absolute atomic E-state index is 13.0. The van der Waals surface area contributed by atoms with Gasteiger partial charge in [-0.2, -0.15) is 4.98 Å². The number of nitrogens with zero attached hydrogens (tertiary/aromatic N) is 4. The molecule has 8 heteroatoms. The number of amides is 1. The fourth-order valence-corrected chi connectivity index (χ4v) is 3.27. The molecular weight excluding hydrogens is 375 g/mol. The number of methoxy groups -OCH3 is 1. The topological polar surface area (TPSA) is 71.7 Å². The summed E-state index contributed by atoms with van der Waals surface area (Å²) in [6, 6.07) is 13.1. The molecule has 1 aliphatic rings. The molecule has 0 bridgehead atoms. The smallest absolute Gasteiger partial charge is 0.253 e. The van der Waals surface area contributed by atoms with Gasteiger partial charge < -0.3 is 14.2 Å². The van der Waals surface area contributed by atoms with Crippen molar-refractivity contribution in [2.75, 3.05) is 33.3 Å². The van der Waals surface area contributed by atoms with E-state index in [-0.39, 0.29) is 11.7 Å². The van der Waals surface area contributed by atoms with Crippen LogP contribution in [0.2, 0.25) is 0 Å². The summed E-state index contributed by atoms with van der Waals surface area (Å²) in [7, 11) is 1.61. The second-order valence-corrected chi connectivity index (χ2v) is 6.82. The van der Waals surface area contributed by atoms with Crippen LogP contribution in [-0.2, 0) is 6.54 Å². The summed E-state index contributed by atoms with van der Waals surface area (Å²) in [6.07, 6.45) is 0. The Morgan fingerprint density at radius 2 is 1.90 bits per heavy atom. The Kier molecular flexibility index (Phi) is 5.53. The molecule has 2 aromatic carbocycles. The number of rotatable bonds is 5. The third-order valence-corrected chi connectivity index (χ3v) is 4.91. The van der Waals surface area contributed by atoms with Crippen molar-refractivity contribution in [2.45, 2.75) is 6.54 Å². The number of carbonyl (C=O) groups is 1. The zero-order valence-corrected chi connectivity index (χ0v) is 16.0. The molecule has 0 aliphatic carbocycles. The van der Waals surface area contributed by atoms with Crippen molar-refractivity contribution in [3.8, 4) is 17.1 Å². The van der Waals surface area contributed by atoms with Gasteiger partial charge in [0.2, 0.25) is 11.7 Å². The van der Waals surface area contributed by atoms with E-state index in [1.165, 1.54) is 24.3 Å². The zero-order valence-electron chi connectivity index (χ0n) is 16.0. The first-order valence-corrected chi connectivity index (χ1v) is 9.36. The second-order valence-electron chi connectivity index (χ2n) is 6.82. The van der Waals surface area contributed by atoms with Crippen molar-refractivity contribution in [1.29, 1.82) is 0 Å². The molecule has 150 valence electrons. The van der Waals surface area contributed by atoms with Crippen molar-refractivity contribution < 1.29 is 18.4 Å². The minimum Gasteiger partial charge on any atom is -0.497 e. The number of carbonyl (C=O) groups excluding carboxylic acids is 1. The van der Waals surface area contributed by atoms with Crippen LogP contribution in [-0.4, -0.2) is 59.1 Å². The first-order valence-electron chi connectivity index (χ1n) is 9.36. The lowest BCUT2D eigenvalue weighted by Gasteiger charge is -2.34. The van der Waals surface area contributed by atoms with Gasteiger partial charge in [0.15, 0.2) is 0 Å². The number of piperazine rings is 1. The molecule has 4 rings (SSSR count). The molecule has 1 amide bonds. The average Bonchev–Trinajstić information content (AvgIpc) is 3.23. The van der Waals surface area contributed by atoms with Gasteiger partial charge in [0.25, 0.3) is 5.91 Å². The average molecular weight is 396 g/mol. The molecule has 0 spiro atoms. The van der Waals surface area contributed by atoms with E-state index < -0.39 is 0 Å². The molecule has 1 fully saturated rings. The summed E-state index contributed by atoms with van der Waals surface area (Å²) in [4.78, 5) is 20.9. The van der Waals surface area contributed by atoms with Gasteiger partial charge in [-0.3, -0.25) is 9.69 Å². The van der Waals surface area contributed by atoms with E-state index in [0.717, 1.165) is 11.3 Å². The Morgan fingerprint density at radius 1 is 1.14 bits per heavy atom. The highest BCUT2D eigenvalue weighted by Crippen LogP contribution is 2.21. The monoisotopic (exact) mass is 396 g/mol. The fraction of sp³-hybridized carbons (Fsp3) is 0.286. The molecule has 3 aromatic rings. The van der Waals surface area contributed by atoms with Crippen molar-refractivity contribution in [2.24, 2.45) is 0 Å². The maximum atomic E-state index is 13.0. The van der Waals surface area contributed by atoms with Crippen LogP contribution in [0.1, 0.15) is 16.2 Å². The number of hydrogen-bond acceptors (Lipinski definition) is 6. The van der Waals surface area contributed by atoms with Gasteiger partial charge in [-0.05, 0) is 36.4 Å². The molecule has 0 unspecified atom stereocenters. The number of hydrogen-bond donors (Lipinski definition) is 0. The zero-order chi connectivity index (χ0) is 20.2. The predicted molar refractivity (Wildman–Crippen MR) is 104 cm³/mol. The van der Waals surface area contributed by atoms with E-state index in [4.69, 9.17) is 9.26 Å². The van der Waals surface area contributed by atoms with Crippen molar-refractivity contribution in [3.63, 3.8) is 0 Å². The highest BCUT2D eigenvalue weighted by molar-refractivity contribution is 5.94. The van der Waals surface area contributed by atoms with E-state index in [9.17, 15) is 9.18 Å². The number of aromatic nitrogens is 2. The van der Waals surface area contributed by atoms with Crippen LogP contribution < -0.4 is 4.74 Å². The molecule has 0 radical (unpaired) electrons. The molecule has 1 saturated heterocycles. The molecule has 2 heterocycles. The van der Waals surface area contributed by atoms with Crippen molar-refractivity contribution in [1.82, 2.24) is 19.9 Å². The molecular formula is C21H21FN4O3. The highest BCUT2D eigenvalue weighted by atomic mass is 19.1. The number of ether oxygens (including phenoxy) is 1.